The predicted molar refractivity (Wildman–Crippen MR) is 63.9 cm³/mol. The molecule has 0 saturated carbocycles. The third kappa shape index (κ3) is 2.19. The van der Waals surface area contributed by atoms with E-state index in [0.29, 0.717) is 0 Å². The number of aryl methyl sites for hydroxylation is 1. The zero-order chi connectivity index (χ0) is 14.2. The van der Waals surface area contributed by atoms with Crippen LogP contribution in [0.1, 0.15) is 23.0 Å². The Bertz CT molecular complexity index is 715. The quantitative estimate of drug-likeness (QED) is 0.718. The van der Waals surface area contributed by atoms with Gasteiger partial charge in [-0.2, -0.15) is 0 Å². The van der Waals surface area contributed by atoms with Crippen molar-refractivity contribution in [1.82, 2.24) is 15.3 Å². The minimum atomic E-state index is -1.18. The van der Waals surface area contributed by atoms with E-state index in [1.54, 1.807) is 0 Å². The van der Waals surface area contributed by atoms with Gasteiger partial charge in [-0.05, 0) is 13.8 Å². The lowest BCUT2D eigenvalue weighted by Gasteiger charge is -2.08. The van der Waals surface area contributed by atoms with Crippen LogP contribution >= 0.6 is 0 Å². The summed E-state index contributed by atoms with van der Waals surface area (Å²) in [6, 6.07) is -1.08. The number of rotatable bonds is 3. The minimum Gasteiger partial charge on any atom is -0.480 e. The number of amides is 1. The molecule has 0 aliphatic heterocycles. The molecule has 1 amide bonds. The molecule has 2 aromatic rings. The van der Waals surface area contributed by atoms with Crippen LogP contribution in [0, 0.1) is 6.92 Å². The van der Waals surface area contributed by atoms with Crippen LogP contribution in [0.4, 0.5) is 0 Å². The van der Waals surface area contributed by atoms with E-state index in [2.05, 4.69) is 15.3 Å². The van der Waals surface area contributed by atoms with E-state index in [9.17, 15) is 14.4 Å². The lowest BCUT2D eigenvalue weighted by molar-refractivity contribution is -0.138. The zero-order valence-electron chi connectivity index (χ0n) is 10.2. The van der Waals surface area contributed by atoms with Crippen LogP contribution in [0.15, 0.2) is 15.5 Å². The number of carbonyl (C=O) groups is 2. The Kier molecular flexibility index (Phi) is 3.07. The van der Waals surface area contributed by atoms with E-state index in [-0.39, 0.29) is 22.4 Å². The van der Waals surface area contributed by atoms with Gasteiger partial charge in [0.25, 0.3) is 11.5 Å². The number of aliphatic carboxylic acids is 1. The number of carbonyl (C=O) groups excluding carboxylic acids is 1. The molecule has 2 rings (SSSR count). The highest BCUT2D eigenvalue weighted by Gasteiger charge is 2.24. The number of nitrogens with zero attached hydrogens (tertiary/aromatic N) is 1. The molecular formula is C11H11N3O5. The Morgan fingerprint density at radius 3 is 2.84 bits per heavy atom. The summed E-state index contributed by atoms with van der Waals surface area (Å²) in [6.45, 7) is 2.82. The van der Waals surface area contributed by atoms with Crippen molar-refractivity contribution in [2.45, 2.75) is 19.9 Å². The molecule has 0 aliphatic rings. The maximum Gasteiger partial charge on any atom is 0.325 e. The van der Waals surface area contributed by atoms with Gasteiger partial charge in [-0.15, -0.1) is 0 Å². The summed E-state index contributed by atoms with van der Waals surface area (Å²) in [4.78, 5) is 40.5. The number of hydrogen-bond acceptors (Lipinski definition) is 5. The van der Waals surface area contributed by atoms with Crippen molar-refractivity contribution in [2.24, 2.45) is 0 Å². The molecule has 100 valence electrons. The second-order valence-corrected chi connectivity index (χ2v) is 3.98. The van der Waals surface area contributed by atoms with Gasteiger partial charge in [0.15, 0.2) is 0 Å². The van der Waals surface area contributed by atoms with Crippen molar-refractivity contribution < 1.29 is 19.1 Å². The Labute approximate surface area is 106 Å². The van der Waals surface area contributed by atoms with E-state index in [4.69, 9.17) is 9.52 Å². The van der Waals surface area contributed by atoms with Crippen molar-refractivity contribution in [1.29, 1.82) is 0 Å². The molecule has 0 radical (unpaired) electrons. The second-order valence-electron chi connectivity index (χ2n) is 3.98. The van der Waals surface area contributed by atoms with Crippen molar-refractivity contribution in [3.63, 3.8) is 0 Å². The lowest BCUT2D eigenvalue weighted by atomic mass is 10.1. The van der Waals surface area contributed by atoms with Gasteiger partial charge < -0.3 is 19.8 Å². The van der Waals surface area contributed by atoms with Gasteiger partial charge in [-0.25, -0.2) is 4.98 Å². The number of aromatic amines is 1. The molecule has 0 aromatic carbocycles. The first-order chi connectivity index (χ1) is 8.91. The zero-order valence-corrected chi connectivity index (χ0v) is 10.2. The first kappa shape index (κ1) is 12.8. The van der Waals surface area contributed by atoms with Gasteiger partial charge in [0.2, 0.25) is 5.71 Å². The van der Waals surface area contributed by atoms with E-state index in [1.165, 1.54) is 13.8 Å². The van der Waals surface area contributed by atoms with Gasteiger partial charge in [0, 0.05) is 0 Å². The van der Waals surface area contributed by atoms with Crippen LogP contribution in [-0.4, -0.2) is 33.0 Å². The molecule has 0 aliphatic carbocycles. The SMILES string of the molecule is Cc1oc2nc[nH]c(=O)c2c1C(=O)NC(C)C(=O)O. The van der Waals surface area contributed by atoms with Crippen LogP contribution < -0.4 is 10.9 Å². The molecule has 2 heterocycles. The number of carboxylic acids is 1. The monoisotopic (exact) mass is 265 g/mol. The van der Waals surface area contributed by atoms with Crippen molar-refractivity contribution in [2.75, 3.05) is 0 Å². The van der Waals surface area contributed by atoms with E-state index in [1.807, 2.05) is 0 Å². The highest BCUT2D eigenvalue weighted by Crippen LogP contribution is 2.20. The summed E-state index contributed by atoms with van der Waals surface area (Å²) in [7, 11) is 0. The molecule has 8 heteroatoms. The van der Waals surface area contributed by atoms with Crippen LogP contribution in [0.2, 0.25) is 0 Å². The molecular weight excluding hydrogens is 254 g/mol. The normalized spacial score (nSPS) is 12.3. The van der Waals surface area contributed by atoms with E-state index in [0.717, 1.165) is 6.33 Å². The molecule has 0 bridgehead atoms. The van der Waals surface area contributed by atoms with Crippen LogP contribution in [-0.2, 0) is 4.79 Å². The molecule has 2 aromatic heterocycles. The fourth-order valence-corrected chi connectivity index (χ4v) is 1.66. The summed E-state index contributed by atoms with van der Waals surface area (Å²) in [6.07, 6.45) is 1.16. The molecule has 8 nitrogen and oxygen atoms in total. The fraction of sp³-hybridized carbons (Fsp3) is 0.273. The summed E-state index contributed by atoms with van der Waals surface area (Å²) < 4.78 is 5.20. The maximum absolute atomic E-state index is 12.0. The fourth-order valence-electron chi connectivity index (χ4n) is 1.66. The molecule has 0 fully saturated rings. The number of aromatic nitrogens is 2. The second kappa shape index (κ2) is 4.56. The van der Waals surface area contributed by atoms with E-state index >= 15 is 0 Å². The predicted octanol–water partition coefficient (Wildman–Crippen LogP) is 0.0274. The topological polar surface area (TPSA) is 125 Å². The maximum atomic E-state index is 12.0. The van der Waals surface area contributed by atoms with Gasteiger partial charge in [0.1, 0.15) is 17.2 Å². The van der Waals surface area contributed by atoms with Crippen molar-refractivity contribution in [3.8, 4) is 0 Å². The molecule has 3 N–H and O–H groups in total. The number of fused-ring (bicyclic) bond motifs is 1. The van der Waals surface area contributed by atoms with Crippen molar-refractivity contribution >= 4 is 23.0 Å². The molecule has 19 heavy (non-hydrogen) atoms. The lowest BCUT2D eigenvalue weighted by Crippen LogP contribution is -2.38. The number of furan rings is 1. The first-order valence-electron chi connectivity index (χ1n) is 5.42. The molecule has 0 saturated heterocycles. The highest BCUT2D eigenvalue weighted by atomic mass is 16.4. The van der Waals surface area contributed by atoms with Crippen molar-refractivity contribution in [3.05, 3.63) is 28.0 Å². The Morgan fingerprint density at radius 1 is 1.53 bits per heavy atom. The average Bonchev–Trinajstić information content (AvgIpc) is 2.66. The molecule has 1 atom stereocenters. The van der Waals surface area contributed by atoms with Gasteiger partial charge >= 0.3 is 5.97 Å². The standard InChI is InChI=1S/C11H11N3O5/c1-4(11(17)18)14-9(16)6-5(2)19-10-7(6)8(15)12-3-13-10/h3-4H,1-2H3,(H,14,16)(H,17,18)(H,12,13,15). The van der Waals surface area contributed by atoms with Gasteiger partial charge in [-0.1, -0.05) is 0 Å². The first-order valence-corrected chi connectivity index (χ1v) is 5.42. The number of H-pyrrole nitrogens is 1. The van der Waals surface area contributed by atoms with Gasteiger partial charge in [0.05, 0.1) is 11.9 Å². The smallest absolute Gasteiger partial charge is 0.325 e. The Hall–Kier alpha value is -2.64. The highest BCUT2D eigenvalue weighted by molar-refractivity contribution is 6.07. The number of carboxylic acid groups (broad SMARTS) is 1. The van der Waals surface area contributed by atoms with E-state index < -0.39 is 23.5 Å². The van der Waals surface area contributed by atoms with Crippen LogP contribution in [0.5, 0.6) is 0 Å². The summed E-state index contributed by atoms with van der Waals surface area (Å²) in [5.74, 6) is -1.66. The summed E-state index contributed by atoms with van der Waals surface area (Å²) in [5.41, 5.74) is -0.484. The average molecular weight is 265 g/mol. The Morgan fingerprint density at radius 2 is 2.21 bits per heavy atom. The summed E-state index contributed by atoms with van der Waals surface area (Å²) in [5, 5.41) is 11.0. The summed E-state index contributed by atoms with van der Waals surface area (Å²) >= 11 is 0. The molecule has 0 spiro atoms. The Balaban J connectivity index is 2.51. The minimum absolute atomic E-state index is 0.00236. The van der Waals surface area contributed by atoms with Crippen LogP contribution in [0.3, 0.4) is 0 Å². The van der Waals surface area contributed by atoms with Crippen LogP contribution in [0.25, 0.3) is 11.1 Å². The largest absolute Gasteiger partial charge is 0.480 e. The third-order valence-electron chi connectivity index (χ3n) is 2.62. The number of nitrogens with one attached hydrogen (secondary N) is 2. The molecule has 1 unspecified atom stereocenters. The third-order valence-corrected chi connectivity index (χ3v) is 2.62. The van der Waals surface area contributed by atoms with Gasteiger partial charge in [-0.3, -0.25) is 14.4 Å². The number of hydrogen-bond donors (Lipinski definition) is 3.